The quantitative estimate of drug-likeness (QED) is 0.335. The van der Waals surface area contributed by atoms with E-state index in [2.05, 4.69) is 34.1 Å². The third-order valence-corrected chi connectivity index (χ3v) is 6.98. The molecule has 2 heterocycles. The van der Waals surface area contributed by atoms with E-state index >= 15 is 0 Å². The number of esters is 1. The van der Waals surface area contributed by atoms with E-state index in [0.29, 0.717) is 31.8 Å². The van der Waals surface area contributed by atoms with Crippen molar-refractivity contribution in [2.45, 2.75) is 25.4 Å². The average molecular weight is 494 g/mol. The van der Waals surface area contributed by atoms with Gasteiger partial charge in [0.1, 0.15) is 0 Å². The molecule has 1 aliphatic rings. The van der Waals surface area contributed by atoms with E-state index in [9.17, 15) is 9.59 Å². The number of hydrogen-bond acceptors (Lipinski definition) is 5. The molecular formula is C31H31N3O3. The zero-order valence-electron chi connectivity index (χ0n) is 21.0. The lowest BCUT2D eigenvalue weighted by atomic mass is 9.93. The SMILES string of the molecule is CCOC(=O)C[C@@H]1CN(C(=O)c2cncc3ccccc23)CCN1C(c1ccccc1)c1ccccc1. The van der Waals surface area contributed by atoms with Crippen LogP contribution in [0.1, 0.15) is 40.9 Å². The molecule has 0 radical (unpaired) electrons. The lowest BCUT2D eigenvalue weighted by Crippen LogP contribution is -2.56. The topological polar surface area (TPSA) is 62.7 Å². The maximum absolute atomic E-state index is 13.7. The molecule has 1 atom stereocenters. The second-order valence-electron chi connectivity index (χ2n) is 9.28. The van der Waals surface area contributed by atoms with Gasteiger partial charge in [0.25, 0.3) is 5.91 Å². The van der Waals surface area contributed by atoms with E-state index in [1.165, 1.54) is 0 Å². The van der Waals surface area contributed by atoms with Crippen LogP contribution in [-0.2, 0) is 9.53 Å². The Labute approximate surface area is 217 Å². The summed E-state index contributed by atoms with van der Waals surface area (Å²) in [5, 5.41) is 1.82. The highest BCUT2D eigenvalue weighted by Crippen LogP contribution is 2.33. The molecule has 1 amide bonds. The predicted molar refractivity (Wildman–Crippen MR) is 144 cm³/mol. The van der Waals surface area contributed by atoms with Gasteiger partial charge in [-0.3, -0.25) is 19.5 Å². The highest BCUT2D eigenvalue weighted by atomic mass is 16.5. The minimum absolute atomic E-state index is 0.0432. The van der Waals surface area contributed by atoms with Gasteiger partial charge in [0.05, 0.1) is 24.6 Å². The van der Waals surface area contributed by atoms with Gasteiger partial charge in [-0.1, -0.05) is 84.9 Å². The maximum Gasteiger partial charge on any atom is 0.307 e. The molecule has 1 aliphatic heterocycles. The summed E-state index contributed by atoms with van der Waals surface area (Å²) in [6.07, 6.45) is 3.63. The summed E-state index contributed by atoms with van der Waals surface area (Å²) in [7, 11) is 0. The van der Waals surface area contributed by atoms with Gasteiger partial charge in [0.2, 0.25) is 0 Å². The number of fused-ring (bicyclic) bond motifs is 1. The lowest BCUT2D eigenvalue weighted by Gasteiger charge is -2.45. The van der Waals surface area contributed by atoms with Crippen LogP contribution in [0.15, 0.2) is 97.3 Å². The lowest BCUT2D eigenvalue weighted by molar-refractivity contribution is -0.145. The molecule has 3 aromatic carbocycles. The highest BCUT2D eigenvalue weighted by Gasteiger charge is 2.37. The Bertz CT molecular complexity index is 1320. The Hall–Kier alpha value is -4.03. The predicted octanol–water partition coefficient (Wildman–Crippen LogP) is 5.10. The number of aromatic nitrogens is 1. The van der Waals surface area contributed by atoms with E-state index in [-0.39, 0.29) is 30.4 Å². The first-order valence-corrected chi connectivity index (χ1v) is 12.8. The van der Waals surface area contributed by atoms with Crippen LogP contribution in [0.3, 0.4) is 0 Å². The average Bonchev–Trinajstić information content (AvgIpc) is 2.94. The number of piperazine rings is 1. The molecule has 6 heteroatoms. The van der Waals surface area contributed by atoms with Gasteiger partial charge in [0, 0.05) is 43.5 Å². The van der Waals surface area contributed by atoms with Crippen LogP contribution >= 0.6 is 0 Å². The van der Waals surface area contributed by atoms with E-state index in [0.717, 1.165) is 21.9 Å². The van der Waals surface area contributed by atoms with Gasteiger partial charge in [-0.05, 0) is 23.4 Å². The Morgan fingerprint density at radius 2 is 1.54 bits per heavy atom. The van der Waals surface area contributed by atoms with Crippen molar-refractivity contribution in [2.75, 3.05) is 26.2 Å². The molecule has 0 saturated carbocycles. The van der Waals surface area contributed by atoms with Gasteiger partial charge >= 0.3 is 5.97 Å². The summed E-state index contributed by atoms with van der Waals surface area (Å²) in [5.74, 6) is -0.313. The normalized spacial score (nSPS) is 16.2. The van der Waals surface area contributed by atoms with Crippen LogP contribution in [0.2, 0.25) is 0 Å². The Balaban J connectivity index is 1.48. The van der Waals surface area contributed by atoms with Crippen molar-refractivity contribution in [3.63, 3.8) is 0 Å². The fraction of sp³-hybridized carbons (Fsp3) is 0.258. The first kappa shape index (κ1) is 24.7. The summed E-state index contributed by atoms with van der Waals surface area (Å²) < 4.78 is 5.34. The van der Waals surface area contributed by atoms with Crippen LogP contribution < -0.4 is 0 Å². The molecule has 0 spiro atoms. The fourth-order valence-corrected chi connectivity index (χ4v) is 5.29. The third-order valence-electron chi connectivity index (χ3n) is 6.98. The number of amides is 1. The van der Waals surface area contributed by atoms with Crippen molar-refractivity contribution < 1.29 is 14.3 Å². The van der Waals surface area contributed by atoms with Gasteiger partial charge in [-0.15, -0.1) is 0 Å². The molecule has 1 aromatic heterocycles. The second-order valence-corrected chi connectivity index (χ2v) is 9.28. The molecule has 188 valence electrons. The number of pyridine rings is 1. The molecule has 0 bridgehead atoms. The molecule has 1 saturated heterocycles. The summed E-state index contributed by atoms with van der Waals surface area (Å²) in [5.41, 5.74) is 2.89. The van der Waals surface area contributed by atoms with Crippen LogP contribution in [-0.4, -0.2) is 58.9 Å². The number of benzene rings is 3. The standard InChI is InChI=1S/C31H31N3O3/c1-2-37-29(35)19-26-22-33(31(36)28-21-32-20-25-15-9-10-16-27(25)28)17-18-34(26)30(23-11-5-3-6-12-23)24-13-7-4-8-14-24/h3-16,20-21,26,30H,2,17-19,22H2,1H3/t26-/m1/s1. The van der Waals surface area contributed by atoms with Gasteiger partial charge in [-0.2, -0.15) is 0 Å². The molecule has 4 aromatic rings. The number of hydrogen-bond donors (Lipinski definition) is 0. The number of carbonyl (C=O) groups is 2. The Morgan fingerprint density at radius 3 is 2.22 bits per heavy atom. The Kier molecular flexibility index (Phi) is 7.57. The first-order chi connectivity index (χ1) is 18.2. The van der Waals surface area contributed by atoms with Gasteiger partial charge in [-0.25, -0.2) is 0 Å². The summed E-state index contributed by atoms with van der Waals surface area (Å²) in [6.45, 7) is 3.75. The monoisotopic (exact) mass is 493 g/mol. The zero-order valence-corrected chi connectivity index (χ0v) is 21.0. The van der Waals surface area contributed by atoms with Crippen LogP contribution in [0.4, 0.5) is 0 Å². The zero-order chi connectivity index (χ0) is 25.6. The van der Waals surface area contributed by atoms with Crippen LogP contribution in [0.25, 0.3) is 10.8 Å². The minimum atomic E-state index is -0.251. The van der Waals surface area contributed by atoms with Gasteiger partial charge in [0.15, 0.2) is 0 Å². The molecule has 6 nitrogen and oxygen atoms in total. The van der Waals surface area contributed by atoms with E-state index in [4.69, 9.17) is 4.74 Å². The van der Waals surface area contributed by atoms with Crippen molar-refractivity contribution >= 4 is 22.6 Å². The van der Waals surface area contributed by atoms with Gasteiger partial charge < -0.3 is 9.64 Å². The summed E-state index contributed by atoms with van der Waals surface area (Å²) in [6, 6.07) is 28.2. The minimum Gasteiger partial charge on any atom is -0.466 e. The molecule has 0 unspecified atom stereocenters. The Morgan fingerprint density at radius 1 is 0.892 bits per heavy atom. The molecule has 0 aliphatic carbocycles. The van der Waals surface area contributed by atoms with Crippen molar-refractivity contribution in [3.8, 4) is 0 Å². The van der Waals surface area contributed by atoms with E-state index in [1.54, 1.807) is 12.4 Å². The summed E-state index contributed by atoms with van der Waals surface area (Å²) >= 11 is 0. The van der Waals surface area contributed by atoms with Crippen molar-refractivity contribution in [3.05, 3.63) is 114 Å². The van der Waals surface area contributed by atoms with Crippen LogP contribution in [0.5, 0.6) is 0 Å². The molecule has 5 rings (SSSR count). The van der Waals surface area contributed by atoms with Crippen molar-refractivity contribution in [2.24, 2.45) is 0 Å². The number of nitrogens with zero attached hydrogens (tertiary/aromatic N) is 3. The number of rotatable bonds is 7. The highest BCUT2D eigenvalue weighted by molar-refractivity contribution is 6.06. The third kappa shape index (κ3) is 5.39. The van der Waals surface area contributed by atoms with Crippen molar-refractivity contribution in [1.82, 2.24) is 14.8 Å². The maximum atomic E-state index is 13.7. The smallest absolute Gasteiger partial charge is 0.307 e. The van der Waals surface area contributed by atoms with Crippen LogP contribution in [0, 0.1) is 0 Å². The number of carbonyl (C=O) groups excluding carboxylic acids is 2. The van der Waals surface area contributed by atoms with E-state index < -0.39 is 0 Å². The first-order valence-electron chi connectivity index (χ1n) is 12.8. The van der Waals surface area contributed by atoms with E-state index in [1.807, 2.05) is 72.5 Å². The molecular weight excluding hydrogens is 462 g/mol. The molecule has 0 N–H and O–H groups in total. The molecule has 37 heavy (non-hydrogen) atoms. The largest absolute Gasteiger partial charge is 0.466 e. The second kappa shape index (κ2) is 11.4. The molecule has 1 fully saturated rings. The fourth-order valence-electron chi connectivity index (χ4n) is 5.29. The van der Waals surface area contributed by atoms with Crippen molar-refractivity contribution in [1.29, 1.82) is 0 Å². The number of ether oxygens (including phenoxy) is 1. The summed E-state index contributed by atoms with van der Waals surface area (Å²) in [4.78, 5) is 35.0.